The van der Waals surface area contributed by atoms with Crippen LogP contribution in [0.15, 0.2) is 53.4 Å². The minimum atomic E-state index is -3.49. The summed E-state index contributed by atoms with van der Waals surface area (Å²) in [6, 6.07) is 13.7. The molecule has 27 heavy (non-hydrogen) atoms. The molecule has 0 aliphatic rings. The summed E-state index contributed by atoms with van der Waals surface area (Å²) < 4.78 is 37.4. The van der Waals surface area contributed by atoms with Crippen LogP contribution in [0.25, 0.3) is 10.9 Å². The number of esters is 1. The number of ether oxygens (including phenoxy) is 2. The van der Waals surface area contributed by atoms with Gasteiger partial charge in [0.05, 0.1) is 30.4 Å². The summed E-state index contributed by atoms with van der Waals surface area (Å²) in [5, 5.41) is 0.775. The van der Waals surface area contributed by atoms with Crippen molar-refractivity contribution in [2.75, 3.05) is 20.0 Å². The third-order valence-electron chi connectivity index (χ3n) is 4.58. The van der Waals surface area contributed by atoms with E-state index >= 15 is 0 Å². The van der Waals surface area contributed by atoms with Crippen molar-refractivity contribution in [3.8, 4) is 5.75 Å². The maximum absolute atomic E-state index is 12.7. The first-order valence-electron chi connectivity index (χ1n) is 8.42. The van der Waals surface area contributed by atoms with Crippen molar-refractivity contribution in [2.45, 2.75) is 18.4 Å². The lowest BCUT2D eigenvalue weighted by Gasteiger charge is -2.11. The molecule has 7 heteroatoms. The summed E-state index contributed by atoms with van der Waals surface area (Å²) in [5.74, 6) is -0.0239. The summed E-state index contributed by atoms with van der Waals surface area (Å²) in [6.07, 6.45) is 0. The minimum absolute atomic E-state index is 0.124. The number of aromatic nitrogens is 1. The first kappa shape index (κ1) is 19.0. The van der Waals surface area contributed by atoms with Crippen molar-refractivity contribution in [3.63, 3.8) is 0 Å². The van der Waals surface area contributed by atoms with Gasteiger partial charge in [-0.25, -0.2) is 13.2 Å². The molecular weight excluding hydrogens is 366 g/mol. The fourth-order valence-electron chi connectivity index (χ4n) is 3.28. The molecule has 0 N–H and O–H groups in total. The topological polar surface area (TPSA) is 74.6 Å². The normalized spacial score (nSPS) is 11.5. The van der Waals surface area contributed by atoms with Gasteiger partial charge in [-0.1, -0.05) is 24.3 Å². The molecule has 1 aromatic heterocycles. The predicted molar refractivity (Wildman–Crippen MR) is 103 cm³/mol. The van der Waals surface area contributed by atoms with Crippen molar-refractivity contribution >= 4 is 26.7 Å². The van der Waals surface area contributed by atoms with Crippen LogP contribution in [0, 0.1) is 6.92 Å². The molecule has 0 radical (unpaired) electrons. The van der Waals surface area contributed by atoms with Crippen LogP contribution in [0.5, 0.6) is 5.75 Å². The van der Waals surface area contributed by atoms with E-state index in [1.165, 1.54) is 7.11 Å². The van der Waals surface area contributed by atoms with E-state index in [1.54, 1.807) is 55.0 Å². The first-order valence-corrected chi connectivity index (χ1v) is 10.1. The highest BCUT2D eigenvalue weighted by Gasteiger charge is 2.24. The van der Waals surface area contributed by atoms with Gasteiger partial charge in [-0.15, -0.1) is 0 Å². The Kier molecular flexibility index (Phi) is 5.23. The second-order valence-corrected chi connectivity index (χ2v) is 8.21. The molecule has 142 valence electrons. The molecule has 0 aliphatic carbocycles. The maximum Gasteiger partial charge on any atom is 0.354 e. The van der Waals surface area contributed by atoms with E-state index in [4.69, 9.17) is 9.47 Å². The van der Waals surface area contributed by atoms with E-state index in [-0.39, 0.29) is 17.2 Å². The van der Waals surface area contributed by atoms with E-state index < -0.39 is 15.8 Å². The molecule has 0 saturated heterocycles. The summed E-state index contributed by atoms with van der Waals surface area (Å²) >= 11 is 0. The second kappa shape index (κ2) is 7.44. The standard InChI is InChI=1S/C20H21NO5S/c1-14-18-16(10-7-11-17(18)25-2)21(19(14)20(22)26-3)12-13-27(23,24)15-8-5-4-6-9-15/h4-11H,12-13H2,1-3H3. The smallest absolute Gasteiger partial charge is 0.354 e. The molecule has 0 bridgehead atoms. The monoisotopic (exact) mass is 387 g/mol. The number of methoxy groups -OCH3 is 2. The van der Waals surface area contributed by atoms with Crippen molar-refractivity contribution in [1.82, 2.24) is 4.57 Å². The van der Waals surface area contributed by atoms with Gasteiger partial charge in [0.15, 0.2) is 9.84 Å². The Balaban J connectivity index is 2.09. The molecule has 0 unspecified atom stereocenters. The first-order chi connectivity index (χ1) is 12.9. The van der Waals surface area contributed by atoms with Crippen LogP contribution in [0.1, 0.15) is 16.1 Å². The number of fused-ring (bicyclic) bond motifs is 1. The lowest BCUT2D eigenvalue weighted by atomic mass is 10.1. The molecular formula is C20H21NO5S. The Labute approximate surface area is 158 Å². The van der Waals surface area contributed by atoms with E-state index in [1.807, 2.05) is 12.1 Å². The third kappa shape index (κ3) is 3.42. The quantitative estimate of drug-likeness (QED) is 0.607. The van der Waals surface area contributed by atoms with Gasteiger partial charge in [-0.05, 0) is 36.8 Å². The van der Waals surface area contributed by atoms with Gasteiger partial charge in [0.1, 0.15) is 11.4 Å². The summed E-state index contributed by atoms with van der Waals surface area (Å²) in [5.41, 5.74) is 1.77. The van der Waals surface area contributed by atoms with Gasteiger partial charge in [0, 0.05) is 11.9 Å². The average molecular weight is 387 g/mol. The van der Waals surface area contributed by atoms with Gasteiger partial charge >= 0.3 is 5.97 Å². The zero-order valence-corrected chi connectivity index (χ0v) is 16.2. The van der Waals surface area contributed by atoms with Gasteiger partial charge < -0.3 is 14.0 Å². The molecule has 1 heterocycles. The predicted octanol–water partition coefficient (Wildman–Crippen LogP) is 3.22. The second-order valence-electron chi connectivity index (χ2n) is 6.10. The molecule has 3 rings (SSSR count). The number of sulfone groups is 1. The SMILES string of the molecule is COC(=O)c1c(C)c2c(OC)cccc2n1CCS(=O)(=O)c1ccccc1. The van der Waals surface area contributed by atoms with E-state index in [0.29, 0.717) is 17.0 Å². The number of carbonyl (C=O) groups excluding carboxylic acids is 1. The van der Waals surface area contributed by atoms with Gasteiger partial charge in [-0.2, -0.15) is 0 Å². The highest BCUT2D eigenvalue weighted by atomic mass is 32.2. The Morgan fingerprint density at radius 1 is 1.04 bits per heavy atom. The third-order valence-corrected chi connectivity index (χ3v) is 6.29. The van der Waals surface area contributed by atoms with Gasteiger partial charge in [0.25, 0.3) is 0 Å². The molecule has 0 aliphatic heterocycles. The number of benzene rings is 2. The number of carbonyl (C=O) groups is 1. The largest absolute Gasteiger partial charge is 0.496 e. The average Bonchev–Trinajstić information content (AvgIpc) is 2.98. The van der Waals surface area contributed by atoms with Gasteiger partial charge in [0.2, 0.25) is 0 Å². The van der Waals surface area contributed by atoms with Crippen molar-refractivity contribution in [1.29, 1.82) is 0 Å². The van der Waals surface area contributed by atoms with Crippen LogP contribution in [-0.2, 0) is 21.1 Å². The summed E-state index contributed by atoms with van der Waals surface area (Å²) in [4.78, 5) is 12.6. The molecule has 0 saturated carbocycles. The molecule has 0 atom stereocenters. The molecule has 0 amide bonds. The van der Waals surface area contributed by atoms with Crippen LogP contribution < -0.4 is 4.74 Å². The molecule has 0 fully saturated rings. The zero-order chi connectivity index (χ0) is 19.6. The van der Waals surface area contributed by atoms with Crippen molar-refractivity contribution < 1.29 is 22.7 Å². The van der Waals surface area contributed by atoms with E-state index in [9.17, 15) is 13.2 Å². The maximum atomic E-state index is 12.7. The minimum Gasteiger partial charge on any atom is -0.496 e. The van der Waals surface area contributed by atoms with E-state index in [0.717, 1.165) is 10.9 Å². The Bertz CT molecular complexity index is 1080. The molecule has 0 spiro atoms. The van der Waals surface area contributed by atoms with E-state index in [2.05, 4.69) is 0 Å². The molecule has 2 aromatic carbocycles. The Morgan fingerprint density at radius 2 is 1.74 bits per heavy atom. The number of hydrogen-bond donors (Lipinski definition) is 0. The Hall–Kier alpha value is -2.80. The van der Waals surface area contributed by atoms with Crippen LogP contribution in [0.4, 0.5) is 0 Å². The number of hydrogen-bond acceptors (Lipinski definition) is 5. The Morgan fingerprint density at radius 3 is 2.37 bits per heavy atom. The zero-order valence-electron chi connectivity index (χ0n) is 15.4. The van der Waals surface area contributed by atoms with Crippen LogP contribution in [-0.4, -0.2) is 38.9 Å². The lowest BCUT2D eigenvalue weighted by molar-refractivity contribution is 0.0588. The van der Waals surface area contributed by atoms with Crippen LogP contribution in [0.3, 0.4) is 0 Å². The highest BCUT2D eigenvalue weighted by molar-refractivity contribution is 7.91. The fourth-order valence-corrected chi connectivity index (χ4v) is 4.51. The number of rotatable bonds is 6. The molecule has 6 nitrogen and oxygen atoms in total. The highest BCUT2D eigenvalue weighted by Crippen LogP contribution is 2.33. The lowest BCUT2D eigenvalue weighted by Crippen LogP contribution is -2.18. The van der Waals surface area contributed by atoms with Crippen LogP contribution >= 0.6 is 0 Å². The van der Waals surface area contributed by atoms with Gasteiger partial charge in [-0.3, -0.25) is 0 Å². The summed E-state index contributed by atoms with van der Waals surface area (Å²) in [6.45, 7) is 1.93. The number of aryl methyl sites for hydroxylation is 2. The fraction of sp³-hybridized carbons (Fsp3) is 0.250. The summed E-state index contributed by atoms with van der Waals surface area (Å²) in [7, 11) is -0.621. The van der Waals surface area contributed by atoms with Crippen molar-refractivity contribution in [3.05, 3.63) is 59.8 Å². The number of nitrogens with zero attached hydrogens (tertiary/aromatic N) is 1. The molecule has 3 aromatic rings. The van der Waals surface area contributed by atoms with Crippen molar-refractivity contribution in [2.24, 2.45) is 0 Å². The van der Waals surface area contributed by atoms with Crippen LogP contribution in [0.2, 0.25) is 0 Å².